The predicted octanol–water partition coefficient (Wildman–Crippen LogP) is 5.23. The molecule has 1 aliphatic rings. The molecule has 0 spiro atoms. The summed E-state index contributed by atoms with van der Waals surface area (Å²) in [5, 5.41) is 5.88. The third-order valence-corrected chi connectivity index (χ3v) is 6.34. The Kier molecular flexibility index (Phi) is 7.81. The van der Waals surface area contributed by atoms with Gasteiger partial charge in [-0.15, -0.1) is 11.3 Å². The van der Waals surface area contributed by atoms with E-state index in [1.807, 2.05) is 0 Å². The van der Waals surface area contributed by atoms with Crippen molar-refractivity contribution in [3.63, 3.8) is 0 Å². The second kappa shape index (κ2) is 10.2. The quantitative estimate of drug-likeness (QED) is 0.510. The van der Waals surface area contributed by atoms with E-state index in [9.17, 15) is 31.1 Å². The van der Waals surface area contributed by atoms with Crippen LogP contribution in [-0.2, 0) is 25.2 Å². The lowest BCUT2D eigenvalue weighted by molar-refractivity contribution is -0.141. The first-order valence-corrected chi connectivity index (χ1v) is 11.1. The van der Waals surface area contributed by atoms with Crippen LogP contribution in [0.4, 0.5) is 26.3 Å². The van der Waals surface area contributed by atoms with E-state index in [1.54, 1.807) is 0 Å². The molecule has 4 nitrogen and oxygen atoms in total. The van der Waals surface area contributed by atoms with E-state index in [2.05, 4.69) is 15.6 Å². The minimum Gasteiger partial charge on any atom is -0.351 e. The smallest absolute Gasteiger partial charge is 0.351 e. The van der Waals surface area contributed by atoms with Crippen LogP contribution >= 0.6 is 11.3 Å². The lowest BCUT2D eigenvalue weighted by Gasteiger charge is -2.10. The van der Waals surface area contributed by atoms with E-state index >= 15 is 0 Å². The molecule has 2 N–H and O–H groups in total. The molecular formula is C21H23F6N3OS. The number of carbonyl (C=O) groups excluding carboxylic acids is 1. The summed E-state index contributed by atoms with van der Waals surface area (Å²) in [7, 11) is 0. The van der Waals surface area contributed by atoms with Crippen LogP contribution in [0.5, 0.6) is 0 Å². The Morgan fingerprint density at radius 2 is 1.75 bits per heavy atom. The zero-order valence-electron chi connectivity index (χ0n) is 17.1. The standard InChI is InChI=1S/C21H23F6N3OS/c22-20(23,24)14-5-3-4-13(12-14)8-10-29-19(31)17-18(21(25,26)27)30-16(32-17)9-11-28-15-6-1-2-7-15/h3-5,12,15,28H,1-2,6-11H2,(H,29,31). The van der Waals surface area contributed by atoms with Crippen molar-refractivity contribution < 1.29 is 31.1 Å². The van der Waals surface area contributed by atoms with Gasteiger partial charge in [0.15, 0.2) is 5.69 Å². The van der Waals surface area contributed by atoms with E-state index in [0.717, 1.165) is 37.8 Å². The number of carbonyl (C=O) groups is 1. The van der Waals surface area contributed by atoms with Gasteiger partial charge in [-0.05, 0) is 30.9 Å². The Bertz CT molecular complexity index is 919. The van der Waals surface area contributed by atoms with Crippen LogP contribution in [0.3, 0.4) is 0 Å². The number of aromatic nitrogens is 1. The Labute approximate surface area is 185 Å². The van der Waals surface area contributed by atoms with Crippen molar-refractivity contribution in [3.05, 3.63) is 51.0 Å². The monoisotopic (exact) mass is 479 g/mol. The average Bonchev–Trinajstić information content (AvgIpc) is 3.37. The van der Waals surface area contributed by atoms with Gasteiger partial charge < -0.3 is 10.6 Å². The van der Waals surface area contributed by atoms with Crippen LogP contribution < -0.4 is 10.6 Å². The van der Waals surface area contributed by atoms with Crippen LogP contribution in [0.1, 0.15) is 57.2 Å². The fourth-order valence-electron chi connectivity index (χ4n) is 3.63. The van der Waals surface area contributed by atoms with Gasteiger partial charge in [0, 0.05) is 25.6 Å². The molecule has 1 fully saturated rings. The zero-order chi connectivity index (χ0) is 23.4. The third kappa shape index (κ3) is 6.68. The maximum absolute atomic E-state index is 13.4. The highest BCUT2D eigenvalue weighted by Crippen LogP contribution is 2.34. The Morgan fingerprint density at radius 1 is 1.03 bits per heavy atom. The second-order valence-corrected chi connectivity index (χ2v) is 8.76. The summed E-state index contributed by atoms with van der Waals surface area (Å²) in [5.41, 5.74) is -1.73. The molecule has 1 aromatic carbocycles. The molecule has 32 heavy (non-hydrogen) atoms. The summed E-state index contributed by atoms with van der Waals surface area (Å²) in [6, 6.07) is 4.96. The molecule has 3 rings (SSSR count). The van der Waals surface area contributed by atoms with E-state index < -0.39 is 34.4 Å². The summed E-state index contributed by atoms with van der Waals surface area (Å²) in [6.45, 7) is 0.375. The summed E-state index contributed by atoms with van der Waals surface area (Å²) < 4.78 is 78.5. The van der Waals surface area contributed by atoms with Crippen molar-refractivity contribution in [2.75, 3.05) is 13.1 Å². The Morgan fingerprint density at radius 3 is 2.41 bits per heavy atom. The molecule has 0 atom stereocenters. The minimum absolute atomic E-state index is 0.0496. The number of hydrogen-bond acceptors (Lipinski definition) is 4. The number of amides is 1. The summed E-state index contributed by atoms with van der Waals surface area (Å²) in [4.78, 5) is 15.5. The molecule has 2 aromatic rings. The maximum atomic E-state index is 13.4. The SMILES string of the molecule is O=C(NCCc1cccc(C(F)(F)F)c1)c1sc(CCNC2CCCC2)nc1C(F)(F)F. The topological polar surface area (TPSA) is 54.0 Å². The molecule has 176 valence electrons. The van der Waals surface area contributed by atoms with Gasteiger partial charge in [0.25, 0.3) is 5.91 Å². The number of nitrogens with zero attached hydrogens (tertiary/aromatic N) is 1. The largest absolute Gasteiger partial charge is 0.435 e. The first-order chi connectivity index (χ1) is 15.0. The molecule has 1 aromatic heterocycles. The molecular weight excluding hydrogens is 456 g/mol. The van der Waals surface area contributed by atoms with Gasteiger partial charge in [-0.1, -0.05) is 31.0 Å². The highest BCUT2D eigenvalue weighted by molar-refractivity contribution is 7.13. The summed E-state index contributed by atoms with van der Waals surface area (Å²) >= 11 is 0.697. The fraction of sp³-hybridized carbons (Fsp3) is 0.524. The fourth-order valence-corrected chi connectivity index (χ4v) is 4.63. The molecule has 11 heteroatoms. The van der Waals surface area contributed by atoms with Gasteiger partial charge >= 0.3 is 12.4 Å². The molecule has 0 unspecified atom stereocenters. The molecule has 1 amide bonds. The molecule has 0 aliphatic heterocycles. The van der Waals surface area contributed by atoms with Gasteiger partial charge in [-0.2, -0.15) is 26.3 Å². The van der Waals surface area contributed by atoms with Crippen molar-refractivity contribution in [2.24, 2.45) is 0 Å². The molecule has 1 saturated carbocycles. The highest BCUT2D eigenvalue weighted by atomic mass is 32.1. The Balaban J connectivity index is 1.60. The highest BCUT2D eigenvalue weighted by Gasteiger charge is 2.39. The lowest BCUT2D eigenvalue weighted by Crippen LogP contribution is -2.28. The first kappa shape index (κ1) is 24.5. The van der Waals surface area contributed by atoms with E-state index in [1.165, 1.54) is 12.1 Å². The Hall–Kier alpha value is -2.14. The van der Waals surface area contributed by atoms with Crippen LogP contribution in [0, 0.1) is 0 Å². The molecule has 0 radical (unpaired) electrons. The van der Waals surface area contributed by atoms with E-state index in [-0.39, 0.29) is 24.4 Å². The maximum Gasteiger partial charge on any atom is 0.435 e. The van der Waals surface area contributed by atoms with Gasteiger partial charge in [-0.3, -0.25) is 4.79 Å². The van der Waals surface area contributed by atoms with Crippen LogP contribution in [0.15, 0.2) is 24.3 Å². The van der Waals surface area contributed by atoms with Gasteiger partial charge in [0.2, 0.25) is 0 Å². The first-order valence-electron chi connectivity index (χ1n) is 10.3. The average molecular weight is 479 g/mol. The van der Waals surface area contributed by atoms with Crippen LogP contribution in [-0.4, -0.2) is 30.0 Å². The number of hydrogen-bond donors (Lipinski definition) is 2. The number of thiazole rings is 1. The molecule has 0 saturated heterocycles. The lowest BCUT2D eigenvalue weighted by atomic mass is 10.1. The zero-order valence-corrected chi connectivity index (χ0v) is 17.9. The van der Waals surface area contributed by atoms with Crippen molar-refractivity contribution >= 4 is 17.2 Å². The number of halogens is 6. The number of rotatable bonds is 8. The predicted molar refractivity (Wildman–Crippen MR) is 109 cm³/mol. The number of alkyl halides is 6. The van der Waals surface area contributed by atoms with Gasteiger partial charge in [0.05, 0.1) is 10.6 Å². The van der Waals surface area contributed by atoms with Crippen molar-refractivity contribution in [2.45, 2.75) is 56.9 Å². The molecule has 1 heterocycles. The van der Waals surface area contributed by atoms with Gasteiger partial charge in [-0.25, -0.2) is 4.98 Å². The van der Waals surface area contributed by atoms with Crippen LogP contribution in [0.25, 0.3) is 0 Å². The minimum atomic E-state index is -4.78. The van der Waals surface area contributed by atoms with Crippen molar-refractivity contribution in [1.29, 1.82) is 0 Å². The number of nitrogens with one attached hydrogen (secondary N) is 2. The van der Waals surface area contributed by atoms with E-state index in [0.29, 0.717) is 29.5 Å². The number of benzene rings is 1. The molecule has 0 bridgehead atoms. The normalized spacial score (nSPS) is 15.3. The molecule has 1 aliphatic carbocycles. The van der Waals surface area contributed by atoms with Crippen molar-refractivity contribution in [3.8, 4) is 0 Å². The second-order valence-electron chi connectivity index (χ2n) is 7.67. The summed E-state index contributed by atoms with van der Waals surface area (Å²) in [5.74, 6) is -0.934. The summed E-state index contributed by atoms with van der Waals surface area (Å²) in [6.07, 6.45) is -4.57. The van der Waals surface area contributed by atoms with E-state index in [4.69, 9.17) is 0 Å². The van der Waals surface area contributed by atoms with Gasteiger partial charge in [0.1, 0.15) is 4.88 Å². The third-order valence-electron chi connectivity index (χ3n) is 5.23. The van der Waals surface area contributed by atoms with Crippen molar-refractivity contribution in [1.82, 2.24) is 15.6 Å². The van der Waals surface area contributed by atoms with Crippen LogP contribution in [0.2, 0.25) is 0 Å².